The van der Waals surface area contributed by atoms with Gasteiger partial charge in [-0.2, -0.15) is 13.2 Å². The lowest BCUT2D eigenvalue weighted by atomic mass is 10.0. The number of aliphatic imine (C=N–C) groups is 1. The number of hydrogen-bond donors (Lipinski definition) is 2. The van der Waals surface area contributed by atoms with Crippen molar-refractivity contribution in [2.45, 2.75) is 38.5 Å². The fourth-order valence-electron chi connectivity index (χ4n) is 2.82. The zero-order valence-corrected chi connectivity index (χ0v) is 18.2. The molecule has 154 valence electrons. The van der Waals surface area contributed by atoms with E-state index in [0.717, 1.165) is 17.7 Å². The van der Waals surface area contributed by atoms with Gasteiger partial charge < -0.3 is 15.8 Å². The normalized spacial score (nSPS) is 17.9. The van der Waals surface area contributed by atoms with Crippen molar-refractivity contribution in [2.24, 2.45) is 10.7 Å². The Kier molecular flexibility index (Phi) is 8.81. The van der Waals surface area contributed by atoms with E-state index in [-0.39, 0.29) is 35.6 Å². The summed E-state index contributed by atoms with van der Waals surface area (Å²) in [6, 6.07) is 5.12. The van der Waals surface area contributed by atoms with Crippen LogP contribution in [0.1, 0.15) is 37.9 Å². The van der Waals surface area contributed by atoms with Gasteiger partial charge >= 0.3 is 6.18 Å². The van der Waals surface area contributed by atoms with Gasteiger partial charge in [-0.3, -0.25) is 9.89 Å². The minimum atomic E-state index is -4.34. The molecule has 0 spiro atoms. The van der Waals surface area contributed by atoms with Crippen LogP contribution >= 0.6 is 24.0 Å². The van der Waals surface area contributed by atoms with E-state index in [1.54, 1.807) is 0 Å². The number of benzene rings is 1. The third kappa shape index (κ3) is 7.82. The summed E-state index contributed by atoms with van der Waals surface area (Å²) in [5.41, 5.74) is 5.86. The molecule has 1 fully saturated rings. The molecule has 1 saturated heterocycles. The average Bonchev–Trinajstić information content (AvgIpc) is 2.54. The van der Waals surface area contributed by atoms with Crippen LogP contribution < -0.4 is 11.1 Å². The van der Waals surface area contributed by atoms with Crippen LogP contribution in [-0.2, 0) is 10.9 Å². The SMILES string of the molecule is CC(C)(C)NC(N)=NCC(c1ccc(C(F)(F)F)cc1)N1CCOCC1.I. The number of nitrogens with two attached hydrogens (primary N) is 1. The predicted octanol–water partition coefficient (Wildman–Crippen LogP) is 3.40. The highest BCUT2D eigenvalue weighted by Crippen LogP contribution is 2.31. The minimum absolute atomic E-state index is 0. The van der Waals surface area contributed by atoms with Crippen LogP contribution in [0.25, 0.3) is 0 Å². The minimum Gasteiger partial charge on any atom is -0.379 e. The highest BCUT2D eigenvalue weighted by Gasteiger charge is 2.31. The molecule has 1 aliphatic rings. The molecule has 1 heterocycles. The third-order valence-corrected chi connectivity index (χ3v) is 4.05. The molecule has 2 rings (SSSR count). The van der Waals surface area contributed by atoms with Gasteiger partial charge in [-0.1, -0.05) is 12.1 Å². The van der Waals surface area contributed by atoms with E-state index >= 15 is 0 Å². The molecule has 1 unspecified atom stereocenters. The standard InChI is InChI=1S/C18H27F3N4O.HI/c1-17(2,3)24-16(22)23-12-15(25-8-10-26-11-9-25)13-4-6-14(7-5-13)18(19,20)21;/h4-7,15H,8-12H2,1-3H3,(H3,22,23,24);1H. The van der Waals surface area contributed by atoms with Crippen LogP contribution in [0.5, 0.6) is 0 Å². The molecule has 1 aromatic rings. The third-order valence-electron chi connectivity index (χ3n) is 4.05. The van der Waals surface area contributed by atoms with E-state index in [4.69, 9.17) is 10.5 Å². The summed E-state index contributed by atoms with van der Waals surface area (Å²) in [5, 5.41) is 3.09. The Morgan fingerprint density at radius 1 is 1.19 bits per heavy atom. The Hall–Kier alpha value is -1.07. The molecule has 27 heavy (non-hydrogen) atoms. The summed E-state index contributed by atoms with van der Waals surface area (Å²) in [6.45, 7) is 8.88. The number of guanidine groups is 1. The summed E-state index contributed by atoms with van der Waals surface area (Å²) in [4.78, 5) is 6.58. The molecule has 3 N–H and O–H groups in total. The van der Waals surface area contributed by atoms with Gasteiger partial charge in [0.05, 0.1) is 31.4 Å². The van der Waals surface area contributed by atoms with E-state index in [9.17, 15) is 13.2 Å². The molecule has 0 amide bonds. The Morgan fingerprint density at radius 3 is 2.22 bits per heavy atom. The van der Waals surface area contributed by atoms with E-state index in [1.807, 2.05) is 20.8 Å². The number of morpholine rings is 1. The number of alkyl halides is 3. The van der Waals surface area contributed by atoms with Gasteiger partial charge in [0.2, 0.25) is 0 Å². The smallest absolute Gasteiger partial charge is 0.379 e. The number of nitrogens with one attached hydrogen (secondary N) is 1. The fraction of sp³-hybridized carbons (Fsp3) is 0.611. The molecule has 0 saturated carbocycles. The van der Waals surface area contributed by atoms with Gasteiger partial charge in [0.15, 0.2) is 5.96 Å². The highest BCUT2D eigenvalue weighted by atomic mass is 127. The monoisotopic (exact) mass is 500 g/mol. The zero-order valence-electron chi connectivity index (χ0n) is 15.8. The van der Waals surface area contributed by atoms with Crippen molar-refractivity contribution >= 4 is 29.9 Å². The van der Waals surface area contributed by atoms with Crippen LogP contribution in [-0.4, -0.2) is 49.2 Å². The fourth-order valence-corrected chi connectivity index (χ4v) is 2.82. The van der Waals surface area contributed by atoms with Gasteiger partial charge in [-0.05, 0) is 38.5 Å². The molecule has 0 aliphatic carbocycles. The van der Waals surface area contributed by atoms with Crippen LogP contribution in [0, 0.1) is 0 Å². The van der Waals surface area contributed by atoms with Crippen LogP contribution in [0.3, 0.4) is 0 Å². The van der Waals surface area contributed by atoms with Crippen molar-refractivity contribution in [1.82, 2.24) is 10.2 Å². The Balaban J connectivity index is 0.00000364. The summed E-state index contributed by atoms with van der Waals surface area (Å²) < 4.78 is 43.8. The maximum absolute atomic E-state index is 12.8. The second-order valence-corrected chi connectivity index (χ2v) is 7.38. The number of ether oxygens (including phenoxy) is 1. The zero-order chi connectivity index (χ0) is 19.4. The van der Waals surface area contributed by atoms with Gasteiger partial charge in [0.25, 0.3) is 0 Å². The lowest BCUT2D eigenvalue weighted by molar-refractivity contribution is -0.137. The first-order chi connectivity index (χ1) is 12.1. The molecule has 0 aromatic heterocycles. The van der Waals surface area contributed by atoms with Crippen LogP contribution in [0.2, 0.25) is 0 Å². The van der Waals surface area contributed by atoms with Gasteiger partial charge in [0.1, 0.15) is 0 Å². The van der Waals surface area contributed by atoms with E-state index < -0.39 is 11.7 Å². The Bertz CT molecular complexity index is 609. The van der Waals surface area contributed by atoms with Crippen LogP contribution in [0.4, 0.5) is 13.2 Å². The van der Waals surface area contributed by atoms with E-state index in [0.29, 0.717) is 38.8 Å². The second kappa shape index (κ2) is 9.92. The molecule has 0 bridgehead atoms. The van der Waals surface area contributed by atoms with Gasteiger partial charge in [-0.25, -0.2) is 0 Å². The van der Waals surface area contributed by atoms with Crippen molar-refractivity contribution in [3.05, 3.63) is 35.4 Å². The maximum atomic E-state index is 12.8. The molecule has 9 heteroatoms. The number of hydrogen-bond acceptors (Lipinski definition) is 3. The molecule has 1 aliphatic heterocycles. The first kappa shape index (κ1) is 24.0. The Labute approximate surface area is 175 Å². The lowest BCUT2D eigenvalue weighted by Crippen LogP contribution is -2.45. The van der Waals surface area contributed by atoms with Crippen LogP contribution in [0.15, 0.2) is 29.3 Å². The highest BCUT2D eigenvalue weighted by molar-refractivity contribution is 14.0. The van der Waals surface area contributed by atoms with Crippen molar-refractivity contribution in [3.8, 4) is 0 Å². The van der Waals surface area contributed by atoms with Gasteiger partial charge in [0, 0.05) is 18.6 Å². The number of halogens is 4. The summed E-state index contributed by atoms with van der Waals surface area (Å²) in [7, 11) is 0. The van der Waals surface area contributed by atoms with Crippen molar-refractivity contribution in [2.75, 3.05) is 32.8 Å². The molecule has 1 atom stereocenters. The van der Waals surface area contributed by atoms with Crippen molar-refractivity contribution in [3.63, 3.8) is 0 Å². The average molecular weight is 500 g/mol. The topological polar surface area (TPSA) is 62.9 Å². The number of rotatable bonds is 4. The second-order valence-electron chi connectivity index (χ2n) is 7.38. The van der Waals surface area contributed by atoms with E-state index in [1.165, 1.54) is 12.1 Å². The molecule has 5 nitrogen and oxygen atoms in total. The molecule has 0 radical (unpaired) electrons. The molecular formula is C18H28F3IN4O. The molecular weight excluding hydrogens is 472 g/mol. The lowest BCUT2D eigenvalue weighted by Gasteiger charge is -2.34. The predicted molar refractivity (Wildman–Crippen MR) is 111 cm³/mol. The molecule has 1 aromatic carbocycles. The summed E-state index contributed by atoms with van der Waals surface area (Å²) >= 11 is 0. The number of nitrogens with zero attached hydrogens (tertiary/aromatic N) is 2. The quantitative estimate of drug-likeness (QED) is 0.378. The van der Waals surface area contributed by atoms with Crippen molar-refractivity contribution < 1.29 is 17.9 Å². The Morgan fingerprint density at radius 2 is 1.74 bits per heavy atom. The first-order valence-electron chi connectivity index (χ1n) is 8.63. The van der Waals surface area contributed by atoms with Crippen molar-refractivity contribution in [1.29, 1.82) is 0 Å². The summed E-state index contributed by atoms with van der Waals surface area (Å²) in [6.07, 6.45) is -4.34. The maximum Gasteiger partial charge on any atom is 0.416 e. The van der Waals surface area contributed by atoms with Gasteiger partial charge in [-0.15, -0.1) is 24.0 Å². The largest absolute Gasteiger partial charge is 0.416 e. The summed E-state index contributed by atoms with van der Waals surface area (Å²) in [5.74, 6) is 0.322. The first-order valence-corrected chi connectivity index (χ1v) is 8.63. The van der Waals surface area contributed by atoms with E-state index in [2.05, 4.69) is 15.2 Å².